The summed E-state index contributed by atoms with van der Waals surface area (Å²) in [6, 6.07) is 0. The third-order valence-electron chi connectivity index (χ3n) is 4.55. The zero-order chi connectivity index (χ0) is 16.3. The van der Waals surface area contributed by atoms with Crippen molar-refractivity contribution in [1.82, 2.24) is 0 Å². The molecule has 0 aliphatic rings. The second kappa shape index (κ2) is 18.8. The summed E-state index contributed by atoms with van der Waals surface area (Å²) in [7, 11) is 0. The predicted molar refractivity (Wildman–Crippen MR) is 103 cm³/mol. The van der Waals surface area contributed by atoms with E-state index in [0.717, 1.165) is 18.8 Å². The van der Waals surface area contributed by atoms with Gasteiger partial charge >= 0.3 is 0 Å². The highest BCUT2D eigenvalue weighted by Crippen LogP contribution is 2.18. The molecule has 1 unspecified atom stereocenters. The van der Waals surface area contributed by atoms with E-state index < -0.39 is 0 Å². The van der Waals surface area contributed by atoms with Gasteiger partial charge in [-0.05, 0) is 31.6 Å². The fourth-order valence-corrected chi connectivity index (χ4v) is 2.95. The lowest BCUT2D eigenvalue weighted by Crippen LogP contribution is -1.95. The fraction of sp³-hybridized carbons (Fsp3) is 0.818. The van der Waals surface area contributed by atoms with Gasteiger partial charge in [0.1, 0.15) is 0 Å². The Balaban J connectivity index is 3.18. The minimum absolute atomic E-state index is 0.940. The summed E-state index contributed by atoms with van der Waals surface area (Å²) in [5, 5.41) is 0. The first-order chi connectivity index (χ1) is 10.8. The van der Waals surface area contributed by atoms with Crippen LogP contribution in [0.15, 0.2) is 12.2 Å². The Hall–Kier alpha value is -0.260. The summed E-state index contributed by atoms with van der Waals surface area (Å²) < 4.78 is 0. The van der Waals surface area contributed by atoms with Gasteiger partial charge in [0, 0.05) is 0 Å². The van der Waals surface area contributed by atoms with Crippen molar-refractivity contribution < 1.29 is 0 Å². The smallest absolute Gasteiger partial charge is 0.0351 e. The zero-order valence-corrected chi connectivity index (χ0v) is 15.5. The third-order valence-corrected chi connectivity index (χ3v) is 4.55. The van der Waals surface area contributed by atoms with Crippen molar-refractivity contribution in [3.05, 3.63) is 26.0 Å². The molecule has 130 valence electrons. The molecule has 0 saturated carbocycles. The molecule has 0 heteroatoms. The van der Waals surface area contributed by atoms with Crippen LogP contribution in [0.25, 0.3) is 0 Å². The molecule has 0 spiro atoms. The van der Waals surface area contributed by atoms with Gasteiger partial charge in [-0.15, -0.1) is 0 Å². The number of allylic oxidation sites excluding steroid dienone is 2. The quantitative estimate of drug-likeness (QED) is 0.188. The molecule has 0 fully saturated rings. The second-order valence-electron chi connectivity index (χ2n) is 6.97. The van der Waals surface area contributed by atoms with Crippen LogP contribution in [0.2, 0.25) is 0 Å². The van der Waals surface area contributed by atoms with Crippen LogP contribution in [0.3, 0.4) is 0 Å². The molecule has 0 rings (SSSR count). The van der Waals surface area contributed by atoms with E-state index in [0.29, 0.717) is 0 Å². The Kier molecular flexibility index (Phi) is 18.6. The van der Waals surface area contributed by atoms with Crippen LogP contribution in [0, 0.1) is 19.8 Å². The Bertz CT molecular complexity index is 216. The number of unbranched alkanes of at least 4 members (excludes halogenated alkanes) is 11. The average molecular weight is 307 g/mol. The van der Waals surface area contributed by atoms with Crippen molar-refractivity contribution in [3.8, 4) is 0 Å². The van der Waals surface area contributed by atoms with Crippen LogP contribution in [0.1, 0.15) is 110 Å². The largest absolute Gasteiger partial charge is 0.0885 e. The van der Waals surface area contributed by atoms with Crippen LogP contribution in [0.5, 0.6) is 0 Å². The van der Waals surface area contributed by atoms with E-state index in [9.17, 15) is 0 Å². The molecular weight excluding hydrogens is 264 g/mol. The minimum atomic E-state index is 0.940. The molecule has 0 nitrogen and oxygen atoms in total. The maximum atomic E-state index is 3.90. The van der Waals surface area contributed by atoms with Gasteiger partial charge in [0.05, 0.1) is 0 Å². The van der Waals surface area contributed by atoms with Gasteiger partial charge in [0.15, 0.2) is 0 Å². The van der Waals surface area contributed by atoms with Crippen molar-refractivity contribution in [2.75, 3.05) is 0 Å². The molecule has 0 aromatic carbocycles. The first kappa shape index (κ1) is 21.7. The van der Waals surface area contributed by atoms with Crippen LogP contribution < -0.4 is 0 Å². The Labute approximate surface area is 142 Å². The zero-order valence-electron chi connectivity index (χ0n) is 15.5. The maximum absolute atomic E-state index is 3.90. The molecule has 0 aliphatic carbocycles. The molecule has 1 atom stereocenters. The highest BCUT2D eigenvalue weighted by molar-refractivity contribution is 4.81. The van der Waals surface area contributed by atoms with Gasteiger partial charge < -0.3 is 0 Å². The molecule has 2 radical (unpaired) electrons. The van der Waals surface area contributed by atoms with Gasteiger partial charge in [0.2, 0.25) is 0 Å². The third kappa shape index (κ3) is 17.8. The first-order valence-corrected chi connectivity index (χ1v) is 10.0. The number of hydrogen-bond donors (Lipinski definition) is 0. The van der Waals surface area contributed by atoms with Gasteiger partial charge in [-0.25, -0.2) is 0 Å². The van der Waals surface area contributed by atoms with Crippen molar-refractivity contribution in [3.63, 3.8) is 0 Å². The molecule has 0 heterocycles. The summed E-state index contributed by atoms with van der Waals surface area (Å²) in [4.78, 5) is 0. The van der Waals surface area contributed by atoms with Gasteiger partial charge in [-0.2, -0.15) is 0 Å². The van der Waals surface area contributed by atoms with Crippen LogP contribution in [-0.2, 0) is 0 Å². The molecule has 0 aromatic heterocycles. The van der Waals surface area contributed by atoms with E-state index >= 15 is 0 Å². The SMILES string of the molecule is [CH2]CCCC=CCCCCCCC(C)CCCCCCC[CH2]. The van der Waals surface area contributed by atoms with Crippen LogP contribution in [-0.4, -0.2) is 0 Å². The summed E-state index contributed by atoms with van der Waals surface area (Å²) in [6.45, 7) is 10.2. The Morgan fingerprint density at radius 2 is 1.05 bits per heavy atom. The first-order valence-electron chi connectivity index (χ1n) is 10.0. The van der Waals surface area contributed by atoms with Crippen molar-refractivity contribution in [2.24, 2.45) is 5.92 Å². The van der Waals surface area contributed by atoms with Gasteiger partial charge in [-0.3, -0.25) is 0 Å². The van der Waals surface area contributed by atoms with Crippen molar-refractivity contribution in [1.29, 1.82) is 0 Å². The van der Waals surface area contributed by atoms with E-state index in [1.54, 1.807) is 0 Å². The lowest BCUT2D eigenvalue weighted by Gasteiger charge is -2.10. The fourth-order valence-electron chi connectivity index (χ4n) is 2.95. The summed E-state index contributed by atoms with van der Waals surface area (Å²) in [5.41, 5.74) is 0. The molecule has 0 N–H and O–H groups in total. The normalized spacial score (nSPS) is 13.0. The van der Waals surface area contributed by atoms with E-state index in [4.69, 9.17) is 0 Å². The van der Waals surface area contributed by atoms with Crippen molar-refractivity contribution in [2.45, 2.75) is 110 Å². The molecule has 0 bridgehead atoms. The number of hydrogen-bond acceptors (Lipinski definition) is 0. The van der Waals surface area contributed by atoms with Crippen LogP contribution >= 0.6 is 0 Å². The Morgan fingerprint density at radius 3 is 1.64 bits per heavy atom. The molecular formula is C22H42. The van der Waals surface area contributed by atoms with Gasteiger partial charge in [0.25, 0.3) is 0 Å². The summed E-state index contributed by atoms with van der Waals surface area (Å²) in [5.74, 6) is 0.940. The highest BCUT2D eigenvalue weighted by atomic mass is 14.1. The molecule has 0 aliphatic heterocycles. The molecule has 0 amide bonds. The monoisotopic (exact) mass is 306 g/mol. The summed E-state index contributed by atoms with van der Waals surface area (Å²) in [6.07, 6.45) is 26.2. The lowest BCUT2D eigenvalue weighted by atomic mass is 9.96. The van der Waals surface area contributed by atoms with E-state index in [1.165, 1.54) is 89.9 Å². The highest BCUT2D eigenvalue weighted by Gasteiger charge is 2.01. The van der Waals surface area contributed by atoms with Crippen molar-refractivity contribution >= 4 is 0 Å². The minimum Gasteiger partial charge on any atom is -0.0885 e. The molecule has 0 aromatic rings. The lowest BCUT2D eigenvalue weighted by molar-refractivity contribution is 0.433. The topological polar surface area (TPSA) is 0 Å². The average Bonchev–Trinajstić information content (AvgIpc) is 2.52. The molecule has 22 heavy (non-hydrogen) atoms. The summed E-state index contributed by atoms with van der Waals surface area (Å²) >= 11 is 0. The van der Waals surface area contributed by atoms with Crippen LogP contribution in [0.4, 0.5) is 0 Å². The second-order valence-corrected chi connectivity index (χ2v) is 6.97. The van der Waals surface area contributed by atoms with E-state index in [2.05, 4.69) is 32.9 Å². The standard InChI is InChI=1S/C22H42/c1-4-6-8-10-12-13-14-15-17-19-21-22(3)20-18-16-11-9-7-5-2/h10,12,22H,1-2,4-9,11,13-21H2,3H3. The predicted octanol–water partition coefficient (Wildman–Crippen LogP) is 8.09. The molecule has 0 saturated heterocycles. The number of rotatable bonds is 17. The Morgan fingerprint density at radius 1 is 0.591 bits per heavy atom. The van der Waals surface area contributed by atoms with E-state index in [1.807, 2.05) is 0 Å². The van der Waals surface area contributed by atoms with E-state index in [-0.39, 0.29) is 0 Å². The van der Waals surface area contributed by atoms with Gasteiger partial charge in [-0.1, -0.05) is 110 Å². The maximum Gasteiger partial charge on any atom is -0.0351 e.